The molecule has 1 aromatic heterocycles. The molecule has 6 heteroatoms. The molecule has 1 fully saturated rings. The molecule has 0 saturated carbocycles. The molecular weight excluding hydrogens is 325 g/mol. The SMILES string of the molecule is CNC(=O)C1(Nc2cccc(F)c2)CCN(Cc2sccc2C)C1. The van der Waals surface area contributed by atoms with Crippen LogP contribution >= 0.6 is 11.3 Å². The number of amides is 1. The Morgan fingerprint density at radius 3 is 2.92 bits per heavy atom. The maximum Gasteiger partial charge on any atom is 0.246 e. The van der Waals surface area contributed by atoms with Crippen molar-refractivity contribution < 1.29 is 9.18 Å². The summed E-state index contributed by atoms with van der Waals surface area (Å²) in [5, 5.41) is 8.13. The summed E-state index contributed by atoms with van der Waals surface area (Å²) < 4.78 is 13.5. The smallest absolute Gasteiger partial charge is 0.246 e. The lowest BCUT2D eigenvalue weighted by Gasteiger charge is -2.30. The molecule has 3 rings (SSSR count). The summed E-state index contributed by atoms with van der Waals surface area (Å²) in [5.74, 6) is -0.367. The van der Waals surface area contributed by atoms with Gasteiger partial charge in [0.25, 0.3) is 0 Å². The van der Waals surface area contributed by atoms with Gasteiger partial charge in [-0.05, 0) is 48.6 Å². The Hall–Kier alpha value is -1.92. The number of likely N-dealkylation sites (N-methyl/N-ethyl adjacent to an activating group) is 1. The third-order valence-corrected chi connectivity index (χ3v) is 5.56. The summed E-state index contributed by atoms with van der Waals surface area (Å²) in [4.78, 5) is 16.2. The van der Waals surface area contributed by atoms with Crippen LogP contribution in [0.3, 0.4) is 0 Å². The molecule has 4 nitrogen and oxygen atoms in total. The molecule has 0 radical (unpaired) electrons. The van der Waals surface area contributed by atoms with E-state index in [1.54, 1.807) is 30.5 Å². The summed E-state index contributed by atoms with van der Waals surface area (Å²) in [5.41, 5.74) is 1.19. The molecule has 2 heterocycles. The number of thiophene rings is 1. The minimum Gasteiger partial charge on any atom is -0.370 e. The molecule has 0 bridgehead atoms. The fourth-order valence-corrected chi connectivity index (χ4v) is 4.17. The van der Waals surface area contributed by atoms with Crippen molar-refractivity contribution in [3.8, 4) is 0 Å². The summed E-state index contributed by atoms with van der Waals surface area (Å²) in [7, 11) is 1.64. The summed E-state index contributed by atoms with van der Waals surface area (Å²) >= 11 is 1.74. The third-order valence-electron chi connectivity index (χ3n) is 4.55. The summed E-state index contributed by atoms with van der Waals surface area (Å²) in [6.07, 6.45) is 0.688. The van der Waals surface area contributed by atoms with Crippen LogP contribution in [-0.4, -0.2) is 36.5 Å². The molecule has 1 atom stereocenters. The molecule has 1 aromatic carbocycles. The van der Waals surface area contributed by atoms with Gasteiger partial charge in [-0.15, -0.1) is 11.3 Å². The van der Waals surface area contributed by atoms with E-state index < -0.39 is 5.54 Å². The van der Waals surface area contributed by atoms with E-state index in [4.69, 9.17) is 0 Å². The van der Waals surface area contributed by atoms with Crippen LogP contribution in [0.5, 0.6) is 0 Å². The van der Waals surface area contributed by atoms with E-state index in [1.165, 1.54) is 22.6 Å². The zero-order chi connectivity index (χ0) is 17.2. The van der Waals surface area contributed by atoms with Crippen molar-refractivity contribution in [2.45, 2.75) is 25.4 Å². The Kier molecular flexibility index (Phi) is 4.87. The molecule has 0 aliphatic carbocycles. The molecule has 24 heavy (non-hydrogen) atoms. The number of aryl methyl sites for hydroxylation is 1. The fraction of sp³-hybridized carbons (Fsp3) is 0.389. The van der Waals surface area contributed by atoms with Crippen molar-refractivity contribution in [1.82, 2.24) is 10.2 Å². The van der Waals surface area contributed by atoms with E-state index in [-0.39, 0.29) is 11.7 Å². The first kappa shape index (κ1) is 16.9. The first-order valence-corrected chi connectivity index (χ1v) is 8.92. The van der Waals surface area contributed by atoms with Crippen molar-refractivity contribution in [2.75, 3.05) is 25.5 Å². The predicted molar refractivity (Wildman–Crippen MR) is 95.8 cm³/mol. The fourth-order valence-electron chi connectivity index (χ4n) is 3.22. The lowest BCUT2D eigenvalue weighted by Crippen LogP contribution is -2.53. The van der Waals surface area contributed by atoms with Crippen molar-refractivity contribution in [2.24, 2.45) is 0 Å². The molecule has 1 amide bonds. The van der Waals surface area contributed by atoms with Crippen LogP contribution in [0.1, 0.15) is 16.9 Å². The van der Waals surface area contributed by atoms with Crippen LogP contribution in [0.4, 0.5) is 10.1 Å². The number of rotatable bonds is 5. The number of carbonyl (C=O) groups is 1. The Bertz CT molecular complexity index is 733. The maximum absolute atomic E-state index is 13.5. The van der Waals surface area contributed by atoms with Gasteiger partial charge in [0.2, 0.25) is 5.91 Å². The number of benzene rings is 1. The van der Waals surface area contributed by atoms with Crippen molar-refractivity contribution in [1.29, 1.82) is 0 Å². The lowest BCUT2D eigenvalue weighted by molar-refractivity contribution is -0.124. The maximum atomic E-state index is 13.5. The monoisotopic (exact) mass is 347 g/mol. The van der Waals surface area contributed by atoms with Crippen LogP contribution in [0.15, 0.2) is 35.7 Å². The summed E-state index contributed by atoms with van der Waals surface area (Å²) in [6, 6.07) is 8.39. The average molecular weight is 347 g/mol. The molecule has 2 N–H and O–H groups in total. The molecule has 1 aliphatic heterocycles. The third kappa shape index (κ3) is 3.44. The molecular formula is C18H22FN3OS. The largest absolute Gasteiger partial charge is 0.370 e. The van der Waals surface area contributed by atoms with E-state index in [0.29, 0.717) is 18.7 Å². The Labute approximate surface area is 145 Å². The topological polar surface area (TPSA) is 44.4 Å². The van der Waals surface area contributed by atoms with Gasteiger partial charge >= 0.3 is 0 Å². The van der Waals surface area contributed by atoms with Crippen LogP contribution in [0.25, 0.3) is 0 Å². The van der Waals surface area contributed by atoms with Gasteiger partial charge in [0.05, 0.1) is 0 Å². The molecule has 0 spiro atoms. The van der Waals surface area contributed by atoms with Gasteiger partial charge in [0.15, 0.2) is 0 Å². The number of hydrogen-bond acceptors (Lipinski definition) is 4. The molecule has 2 aromatic rings. The van der Waals surface area contributed by atoms with E-state index >= 15 is 0 Å². The van der Waals surface area contributed by atoms with E-state index in [0.717, 1.165) is 13.1 Å². The average Bonchev–Trinajstić information content (AvgIpc) is 3.15. The zero-order valence-electron chi connectivity index (χ0n) is 13.9. The molecule has 128 valence electrons. The van der Waals surface area contributed by atoms with E-state index in [9.17, 15) is 9.18 Å². The Morgan fingerprint density at radius 1 is 1.42 bits per heavy atom. The van der Waals surface area contributed by atoms with Gasteiger partial charge in [0.1, 0.15) is 11.4 Å². The standard InChI is InChI=1S/C18H22FN3OS/c1-13-6-9-24-16(13)11-22-8-7-18(12-22,17(23)20-2)21-15-5-3-4-14(19)10-15/h3-6,9-10,21H,7-8,11-12H2,1-2H3,(H,20,23). The van der Waals surface area contributed by atoms with Crippen molar-refractivity contribution in [3.63, 3.8) is 0 Å². The quantitative estimate of drug-likeness (QED) is 0.874. The highest BCUT2D eigenvalue weighted by atomic mass is 32.1. The van der Waals surface area contributed by atoms with Gasteiger partial charge in [-0.1, -0.05) is 6.07 Å². The van der Waals surface area contributed by atoms with Gasteiger partial charge < -0.3 is 10.6 Å². The van der Waals surface area contributed by atoms with Crippen molar-refractivity contribution >= 4 is 22.9 Å². The van der Waals surface area contributed by atoms with Crippen LogP contribution in [-0.2, 0) is 11.3 Å². The minimum atomic E-state index is -0.728. The first-order chi connectivity index (χ1) is 11.5. The van der Waals surface area contributed by atoms with Gasteiger partial charge in [-0.2, -0.15) is 0 Å². The second-order valence-electron chi connectivity index (χ2n) is 6.28. The first-order valence-electron chi connectivity index (χ1n) is 8.04. The highest BCUT2D eigenvalue weighted by Gasteiger charge is 2.44. The number of hydrogen-bond donors (Lipinski definition) is 2. The molecule has 1 aliphatic rings. The number of likely N-dealkylation sites (tertiary alicyclic amines) is 1. The number of anilines is 1. The normalized spacial score (nSPS) is 21.0. The number of carbonyl (C=O) groups excluding carboxylic acids is 1. The molecule has 1 saturated heterocycles. The minimum absolute atomic E-state index is 0.0582. The van der Waals surface area contributed by atoms with Gasteiger partial charge in [-0.25, -0.2) is 4.39 Å². The summed E-state index contributed by atoms with van der Waals surface area (Å²) in [6.45, 7) is 4.37. The molecule has 1 unspecified atom stereocenters. The highest BCUT2D eigenvalue weighted by Crippen LogP contribution is 2.29. The van der Waals surface area contributed by atoms with Crippen LogP contribution < -0.4 is 10.6 Å². The zero-order valence-corrected chi connectivity index (χ0v) is 14.8. The second kappa shape index (κ2) is 6.91. The van der Waals surface area contributed by atoms with Crippen LogP contribution in [0, 0.1) is 12.7 Å². The highest BCUT2D eigenvalue weighted by molar-refractivity contribution is 7.10. The number of halogens is 1. The van der Waals surface area contributed by atoms with Crippen molar-refractivity contribution in [3.05, 3.63) is 52.0 Å². The Morgan fingerprint density at radius 2 is 2.25 bits per heavy atom. The Balaban J connectivity index is 1.78. The van der Waals surface area contributed by atoms with E-state index in [2.05, 4.69) is 33.9 Å². The van der Waals surface area contributed by atoms with Gasteiger partial charge in [-0.3, -0.25) is 9.69 Å². The lowest BCUT2D eigenvalue weighted by atomic mass is 9.96. The number of nitrogens with one attached hydrogen (secondary N) is 2. The van der Waals surface area contributed by atoms with Gasteiger partial charge in [0, 0.05) is 37.2 Å². The number of nitrogens with zero attached hydrogens (tertiary/aromatic N) is 1. The predicted octanol–water partition coefficient (Wildman–Crippen LogP) is 3.00. The van der Waals surface area contributed by atoms with E-state index in [1.807, 2.05) is 0 Å². The second-order valence-corrected chi connectivity index (χ2v) is 7.28. The van der Waals surface area contributed by atoms with Crippen LogP contribution in [0.2, 0.25) is 0 Å².